The molecule has 0 aliphatic rings. The average Bonchev–Trinajstić information content (AvgIpc) is 2.90. The molecule has 0 aliphatic carbocycles. The van der Waals surface area contributed by atoms with E-state index in [1.54, 1.807) is 18.2 Å². The van der Waals surface area contributed by atoms with Crippen molar-refractivity contribution in [3.05, 3.63) is 59.2 Å². The number of amides is 1. The van der Waals surface area contributed by atoms with E-state index in [1.807, 2.05) is 31.2 Å². The number of nitrogens with one attached hydrogen (secondary N) is 1. The minimum Gasteiger partial charge on any atom is -0.497 e. The summed E-state index contributed by atoms with van der Waals surface area (Å²) in [5.74, 6) is 1.15. The van der Waals surface area contributed by atoms with Crippen LogP contribution in [0.5, 0.6) is 11.5 Å². The highest BCUT2D eigenvalue weighted by atomic mass is 32.2. The fraction of sp³-hybridized carbons (Fsp3) is 0.286. The second kappa shape index (κ2) is 12.2. The Kier molecular flexibility index (Phi) is 9.00. The lowest BCUT2D eigenvalue weighted by atomic mass is 9.94. The van der Waals surface area contributed by atoms with E-state index >= 15 is 0 Å². The van der Waals surface area contributed by atoms with Gasteiger partial charge in [-0.3, -0.25) is 4.79 Å². The van der Waals surface area contributed by atoms with Crippen LogP contribution in [0.2, 0.25) is 0 Å². The zero-order chi connectivity index (χ0) is 27.1. The zero-order valence-corrected chi connectivity index (χ0v) is 22.3. The number of pyridine rings is 1. The Labute approximate surface area is 221 Å². The summed E-state index contributed by atoms with van der Waals surface area (Å²) in [6.45, 7) is 6.05. The highest BCUT2D eigenvalue weighted by Gasteiger charge is 2.26. The number of aromatic nitrogens is 1. The number of carbonyl (C=O) groups is 1. The number of anilines is 2. The minimum atomic E-state index is -0.583. The molecule has 0 bridgehead atoms. The van der Waals surface area contributed by atoms with Crippen LogP contribution < -0.4 is 20.5 Å². The van der Waals surface area contributed by atoms with Crippen molar-refractivity contribution in [1.82, 2.24) is 4.98 Å². The third kappa shape index (κ3) is 6.14. The van der Waals surface area contributed by atoms with Gasteiger partial charge in [-0.05, 0) is 23.5 Å². The number of nitrogen functional groups attached to an aromatic ring is 1. The summed E-state index contributed by atoms with van der Waals surface area (Å²) in [5, 5.41) is 22.5. The van der Waals surface area contributed by atoms with Gasteiger partial charge in [-0.25, -0.2) is 4.98 Å². The van der Waals surface area contributed by atoms with Gasteiger partial charge in [0.15, 0.2) is 0 Å². The molecule has 0 saturated heterocycles. The van der Waals surface area contributed by atoms with Crippen molar-refractivity contribution in [2.75, 3.05) is 25.3 Å². The van der Waals surface area contributed by atoms with Crippen LogP contribution in [0.4, 0.5) is 11.5 Å². The molecule has 0 saturated carbocycles. The molecular weight excluding hydrogens is 486 g/mol. The molecule has 37 heavy (non-hydrogen) atoms. The predicted octanol–water partition coefficient (Wildman–Crippen LogP) is 5.72. The van der Waals surface area contributed by atoms with E-state index in [0.717, 1.165) is 17.3 Å². The summed E-state index contributed by atoms with van der Waals surface area (Å²) in [4.78, 5) is 17.6. The van der Waals surface area contributed by atoms with Crippen molar-refractivity contribution < 1.29 is 14.3 Å². The van der Waals surface area contributed by atoms with Gasteiger partial charge in [0.2, 0.25) is 5.91 Å². The molecular formula is C28H29N5O3S. The average molecular weight is 516 g/mol. The van der Waals surface area contributed by atoms with Gasteiger partial charge in [0.05, 0.1) is 25.0 Å². The number of nitriles is 2. The van der Waals surface area contributed by atoms with Crippen molar-refractivity contribution in [1.29, 1.82) is 10.5 Å². The minimum absolute atomic E-state index is 0.0136. The maximum Gasteiger partial charge on any atom is 0.237 e. The number of nitrogens with two attached hydrogens (primary N) is 1. The second-order valence-corrected chi connectivity index (χ2v) is 9.72. The normalized spacial score (nSPS) is 11.4. The van der Waals surface area contributed by atoms with E-state index in [0.29, 0.717) is 45.7 Å². The Hall–Kier alpha value is -4.21. The molecule has 0 radical (unpaired) electrons. The van der Waals surface area contributed by atoms with Crippen molar-refractivity contribution in [2.45, 2.75) is 43.4 Å². The third-order valence-electron chi connectivity index (χ3n) is 5.82. The molecule has 1 atom stereocenters. The van der Waals surface area contributed by atoms with Crippen LogP contribution in [-0.2, 0) is 4.79 Å². The number of thioether (sulfide) groups is 1. The van der Waals surface area contributed by atoms with Crippen LogP contribution in [0.3, 0.4) is 0 Å². The molecule has 3 N–H and O–H groups in total. The Morgan fingerprint density at radius 1 is 1.05 bits per heavy atom. The molecule has 9 heteroatoms. The third-order valence-corrected chi connectivity index (χ3v) is 7.17. The molecule has 190 valence electrons. The summed E-state index contributed by atoms with van der Waals surface area (Å²) < 4.78 is 10.6. The lowest BCUT2D eigenvalue weighted by Gasteiger charge is -2.18. The highest BCUT2D eigenvalue weighted by molar-refractivity contribution is 8.00. The van der Waals surface area contributed by atoms with Crippen LogP contribution in [-0.4, -0.2) is 30.4 Å². The molecule has 3 rings (SSSR count). The highest BCUT2D eigenvalue weighted by Crippen LogP contribution is 2.38. The van der Waals surface area contributed by atoms with Crippen molar-refractivity contribution in [3.63, 3.8) is 0 Å². The first-order valence-electron chi connectivity index (χ1n) is 11.7. The van der Waals surface area contributed by atoms with E-state index in [1.165, 1.54) is 14.2 Å². The van der Waals surface area contributed by atoms with Gasteiger partial charge in [-0.15, -0.1) is 0 Å². The molecule has 1 aromatic heterocycles. The smallest absolute Gasteiger partial charge is 0.237 e. The second-order valence-electron chi connectivity index (χ2n) is 8.53. The Balaban J connectivity index is 2.00. The molecule has 1 heterocycles. The molecule has 0 aliphatic heterocycles. The van der Waals surface area contributed by atoms with Crippen molar-refractivity contribution >= 4 is 29.2 Å². The number of methoxy groups -OCH3 is 2. The van der Waals surface area contributed by atoms with Crippen LogP contribution in [0, 0.1) is 22.7 Å². The first-order chi connectivity index (χ1) is 17.8. The van der Waals surface area contributed by atoms with Gasteiger partial charge in [0, 0.05) is 29.4 Å². The van der Waals surface area contributed by atoms with Gasteiger partial charge in [-0.2, -0.15) is 10.5 Å². The van der Waals surface area contributed by atoms with Gasteiger partial charge in [-0.1, -0.05) is 56.8 Å². The van der Waals surface area contributed by atoms with Gasteiger partial charge in [0.25, 0.3) is 0 Å². The quantitative estimate of drug-likeness (QED) is 0.345. The molecule has 1 unspecified atom stereocenters. The maximum absolute atomic E-state index is 13.2. The number of nitrogens with zero attached hydrogens (tertiary/aromatic N) is 3. The zero-order valence-electron chi connectivity index (χ0n) is 21.5. The van der Waals surface area contributed by atoms with E-state index in [4.69, 9.17) is 15.2 Å². The predicted molar refractivity (Wildman–Crippen MR) is 146 cm³/mol. The number of rotatable bonds is 9. The van der Waals surface area contributed by atoms with E-state index in [9.17, 15) is 15.3 Å². The van der Waals surface area contributed by atoms with Crippen LogP contribution in [0.1, 0.15) is 49.8 Å². The largest absolute Gasteiger partial charge is 0.497 e. The topological polar surface area (TPSA) is 134 Å². The number of benzene rings is 2. The summed E-state index contributed by atoms with van der Waals surface area (Å²) in [6.07, 6.45) is 0.461. The summed E-state index contributed by atoms with van der Waals surface area (Å²) in [6, 6.07) is 17.1. The van der Waals surface area contributed by atoms with E-state index < -0.39 is 5.25 Å². The van der Waals surface area contributed by atoms with Crippen LogP contribution >= 0.6 is 11.8 Å². The SMILES string of the molecule is CCC(Sc1nc(N)c(C#N)c(-c2ccc(C(C)C)cc2)c1C#N)C(=O)Nc1cc(OC)cc(OC)c1. The van der Waals surface area contributed by atoms with E-state index in [-0.39, 0.29) is 22.9 Å². The lowest BCUT2D eigenvalue weighted by molar-refractivity contribution is -0.115. The fourth-order valence-corrected chi connectivity index (χ4v) is 4.78. The van der Waals surface area contributed by atoms with Gasteiger partial charge >= 0.3 is 0 Å². The molecule has 1 amide bonds. The monoisotopic (exact) mass is 515 g/mol. The molecule has 8 nitrogen and oxygen atoms in total. The number of ether oxygens (including phenoxy) is 2. The first kappa shape index (κ1) is 27.4. The molecule has 2 aromatic carbocycles. The fourth-order valence-electron chi connectivity index (χ4n) is 3.77. The van der Waals surface area contributed by atoms with Gasteiger partial charge < -0.3 is 20.5 Å². The number of hydrogen-bond donors (Lipinski definition) is 2. The van der Waals surface area contributed by atoms with E-state index in [2.05, 4.69) is 36.3 Å². The summed E-state index contributed by atoms with van der Waals surface area (Å²) in [7, 11) is 3.06. The Morgan fingerprint density at radius 2 is 1.65 bits per heavy atom. The standard InChI is InChI=1S/C28H29N5O3S/c1-6-24(27(34)32-19-11-20(35-4)13-21(12-19)36-5)37-28-23(15-30)25(22(14-29)26(31)33-28)18-9-7-17(8-10-18)16(2)3/h7-13,16,24H,6H2,1-5H3,(H2,31,33)(H,32,34). The Bertz CT molecular complexity index is 1350. The number of carbonyl (C=O) groups excluding carboxylic acids is 1. The van der Waals surface area contributed by atoms with Gasteiger partial charge in [0.1, 0.15) is 40.0 Å². The van der Waals surface area contributed by atoms with Crippen LogP contribution in [0.25, 0.3) is 11.1 Å². The maximum atomic E-state index is 13.2. The van der Waals surface area contributed by atoms with Crippen LogP contribution in [0.15, 0.2) is 47.5 Å². The molecule has 0 fully saturated rings. The van der Waals surface area contributed by atoms with Crippen molar-refractivity contribution in [3.8, 4) is 34.8 Å². The molecule has 3 aromatic rings. The van der Waals surface area contributed by atoms with Crippen molar-refractivity contribution in [2.24, 2.45) is 0 Å². The summed E-state index contributed by atoms with van der Waals surface area (Å²) >= 11 is 1.14. The Morgan fingerprint density at radius 3 is 2.14 bits per heavy atom. The first-order valence-corrected chi connectivity index (χ1v) is 12.6. The number of hydrogen-bond acceptors (Lipinski definition) is 8. The summed E-state index contributed by atoms with van der Waals surface area (Å²) in [5.41, 5.74) is 9.27. The lowest BCUT2D eigenvalue weighted by Crippen LogP contribution is -2.25. The molecule has 0 spiro atoms.